The zero-order valence-electron chi connectivity index (χ0n) is 12.7. The Labute approximate surface area is 140 Å². The second-order valence-corrected chi connectivity index (χ2v) is 5.12. The Kier molecular flexibility index (Phi) is 5.83. The normalized spacial score (nSPS) is 12.0. The van der Waals surface area contributed by atoms with Gasteiger partial charge in [0.1, 0.15) is 6.04 Å². The molecular weight excluding hydrogens is 344 g/mol. The SMILES string of the molecule is C[C@@H](C(=O)O)N(C)Cc1cc([N+](=O)[O-])cc2[nH]c(=O)c(=O)[nH]c12.Cl. The monoisotopic (exact) mass is 358 g/mol. The molecule has 2 aromatic rings. The van der Waals surface area contributed by atoms with Gasteiger partial charge in [-0.15, -0.1) is 12.4 Å². The van der Waals surface area contributed by atoms with E-state index >= 15 is 0 Å². The quantitative estimate of drug-likeness (QED) is 0.399. The van der Waals surface area contributed by atoms with Crippen molar-refractivity contribution in [3.8, 4) is 0 Å². The van der Waals surface area contributed by atoms with Crippen molar-refractivity contribution in [3.05, 3.63) is 48.5 Å². The molecule has 0 saturated heterocycles. The molecule has 1 heterocycles. The number of carbonyl (C=O) groups is 1. The molecule has 0 unspecified atom stereocenters. The Morgan fingerprint density at radius 1 is 1.33 bits per heavy atom. The topological polar surface area (TPSA) is 149 Å². The number of aromatic nitrogens is 2. The number of benzene rings is 1. The Balaban J connectivity index is 0.00000288. The fourth-order valence-electron chi connectivity index (χ4n) is 2.11. The first kappa shape index (κ1) is 19.3. The highest BCUT2D eigenvalue weighted by molar-refractivity contribution is 5.85. The van der Waals surface area contributed by atoms with Crippen LogP contribution in [0, 0.1) is 10.1 Å². The number of halogens is 1. The number of nitro benzene ring substituents is 1. The van der Waals surface area contributed by atoms with Crippen LogP contribution in [0.25, 0.3) is 11.0 Å². The molecule has 0 amide bonds. The first-order valence-electron chi connectivity index (χ1n) is 6.57. The van der Waals surface area contributed by atoms with E-state index in [-0.39, 0.29) is 35.7 Å². The number of non-ortho nitro benzene ring substituents is 1. The van der Waals surface area contributed by atoms with E-state index in [1.807, 2.05) is 0 Å². The molecular formula is C13H15ClN4O6. The van der Waals surface area contributed by atoms with Crippen molar-refractivity contribution < 1.29 is 14.8 Å². The van der Waals surface area contributed by atoms with E-state index in [1.54, 1.807) is 0 Å². The molecule has 0 radical (unpaired) electrons. The minimum Gasteiger partial charge on any atom is -0.480 e. The lowest BCUT2D eigenvalue weighted by Gasteiger charge is -2.21. The average Bonchev–Trinajstić information content (AvgIpc) is 2.47. The van der Waals surface area contributed by atoms with E-state index in [2.05, 4.69) is 9.97 Å². The lowest BCUT2D eigenvalue weighted by atomic mass is 10.1. The van der Waals surface area contributed by atoms with Crippen LogP contribution in [0.15, 0.2) is 21.7 Å². The number of nitro groups is 1. The predicted octanol–water partition coefficient (Wildman–Crippen LogP) is 0.451. The second-order valence-electron chi connectivity index (χ2n) is 5.12. The molecule has 0 saturated carbocycles. The largest absolute Gasteiger partial charge is 0.480 e. The number of fused-ring (bicyclic) bond motifs is 1. The molecule has 0 aliphatic rings. The molecule has 1 aromatic heterocycles. The van der Waals surface area contributed by atoms with Crippen LogP contribution in [0.2, 0.25) is 0 Å². The standard InChI is InChI=1S/C13H14N4O6.ClH/c1-6(13(20)21)16(2)5-7-3-8(17(22)23)4-9-10(7)15-12(19)11(18)14-9;/h3-4,6H,5H2,1-2H3,(H,14,18)(H,15,19)(H,20,21);1H/t6-;/m0./s1. The summed E-state index contributed by atoms with van der Waals surface area (Å²) >= 11 is 0. The van der Waals surface area contributed by atoms with Gasteiger partial charge >= 0.3 is 17.1 Å². The Hall–Kier alpha value is -2.72. The van der Waals surface area contributed by atoms with E-state index in [1.165, 1.54) is 24.9 Å². The lowest BCUT2D eigenvalue weighted by Crippen LogP contribution is -2.35. The van der Waals surface area contributed by atoms with Gasteiger partial charge in [-0.3, -0.25) is 29.4 Å². The molecule has 1 atom stereocenters. The number of nitrogens with one attached hydrogen (secondary N) is 2. The van der Waals surface area contributed by atoms with Crippen LogP contribution >= 0.6 is 12.4 Å². The first-order valence-corrected chi connectivity index (χ1v) is 6.57. The van der Waals surface area contributed by atoms with Crippen molar-refractivity contribution in [2.45, 2.75) is 19.5 Å². The van der Waals surface area contributed by atoms with Gasteiger partial charge in [-0.2, -0.15) is 0 Å². The fraction of sp³-hybridized carbons (Fsp3) is 0.308. The molecule has 3 N–H and O–H groups in total. The number of carboxylic acid groups (broad SMARTS) is 1. The van der Waals surface area contributed by atoms with E-state index in [0.717, 1.165) is 6.07 Å². The summed E-state index contributed by atoms with van der Waals surface area (Å²) in [4.78, 5) is 50.4. The van der Waals surface area contributed by atoms with Crippen molar-refractivity contribution in [1.82, 2.24) is 14.9 Å². The highest BCUT2D eigenvalue weighted by Gasteiger charge is 2.20. The number of aliphatic carboxylic acids is 1. The van der Waals surface area contributed by atoms with Crippen LogP contribution in [-0.4, -0.2) is 44.0 Å². The van der Waals surface area contributed by atoms with E-state index in [4.69, 9.17) is 5.11 Å². The molecule has 0 fully saturated rings. The fourth-order valence-corrected chi connectivity index (χ4v) is 2.11. The second kappa shape index (κ2) is 7.23. The lowest BCUT2D eigenvalue weighted by molar-refractivity contribution is -0.384. The number of rotatable bonds is 5. The summed E-state index contributed by atoms with van der Waals surface area (Å²) in [5.74, 6) is -1.05. The number of aromatic amines is 2. The zero-order chi connectivity index (χ0) is 17.3. The first-order chi connectivity index (χ1) is 10.7. The third kappa shape index (κ3) is 3.78. The van der Waals surface area contributed by atoms with Gasteiger partial charge in [0, 0.05) is 18.7 Å². The Morgan fingerprint density at radius 2 is 1.92 bits per heavy atom. The van der Waals surface area contributed by atoms with Crippen molar-refractivity contribution in [3.63, 3.8) is 0 Å². The van der Waals surface area contributed by atoms with Gasteiger partial charge in [0.2, 0.25) is 0 Å². The number of carboxylic acids is 1. The predicted molar refractivity (Wildman–Crippen MR) is 87.7 cm³/mol. The number of hydrogen-bond acceptors (Lipinski definition) is 6. The molecule has 0 spiro atoms. The average molecular weight is 359 g/mol. The summed E-state index contributed by atoms with van der Waals surface area (Å²) in [6.07, 6.45) is 0. The molecule has 24 heavy (non-hydrogen) atoms. The smallest absolute Gasteiger partial charge is 0.320 e. The molecule has 10 nitrogen and oxygen atoms in total. The summed E-state index contributed by atoms with van der Waals surface area (Å²) in [5.41, 5.74) is -1.41. The van der Waals surface area contributed by atoms with Gasteiger partial charge in [-0.05, 0) is 19.5 Å². The highest BCUT2D eigenvalue weighted by atomic mass is 35.5. The zero-order valence-corrected chi connectivity index (χ0v) is 13.5. The summed E-state index contributed by atoms with van der Waals surface area (Å²) < 4.78 is 0. The maximum atomic E-state index is 11.5. The van der Waals surface area contributed by atoms with Gasteiger partial charge in [-0.25, -0.2) is 0 Å². The molecule has 1 aromatic carbocycles. The van der Waals surface area contributed by atoms with Gasteiger partial charge < -0.3 is 15.1 Å². The van der Waals surface area contributed by atoms with Crippen molar-refractivity contribution in [2.24, 2.45) is 0 Å². The van der Waals surface area contributed by atoms with Crippen molar-refractivity contribution >= 4 is 35.1 Å². The summed E-state index contributed by atoms with van der Waals surface area (Å²) in [7, 11) is 1.53. The van der Waals surface area contributed by atoms with Gasteiger partial charge in [0.15, 0.2) is 0 Å². The molecule has 0 aliphatic heterocycles. The summed E-state index contributed by atoms with van der Waals surface area (Å²) in [6.45, 7) is 1.50. The third-order valence-electron chi connectivity index (χ3n) is 3.55. The van der Waals surface area contributed by atoms with Crippen LogP contribution in [-0.2, 0) is 11.3 Å². The molecule has 11 heteroatoms. The Bertz CT molecular complexity index is 905. The van der Waals surface area contributed by atoms with Crippen LogP contribution in [0.1, 0.15) is 12.5 Å². The Morgan fingerprint density at radius 3 is 2.46 bits per heavy atom. The maximum Gasteiger partial charge on any atom is 0.320 e. The van der Waals surface area contributed by atoms with Crippen LogP contribution in [0.5, 0.6) is 0 Å². The minimum absolute atomic E-state index is 0. The maximum absolute atomic E-state index is 11.5. The molecule has 0 aliphatic carbocycles. The summed E-state index contributed by atoms with van der Waals surface area (Å²) in [5, 5.41) is 20.0. The molecule has 130 valence electrons. The number of likely N-dealkylation sites (N-methyl/N-ethyl adjacent to an activating group) is 1. The minimum atomic E-state index is -1.05. The van der Waals surface area contributed by atoms with Crippen molar-refractivity contribution in [2.75, 3.05) is 7.05 Å². The van der Waals surface area contributed by atoms with Crippen LogP contribution in [0.3, 0.4) is 0 Å². The van der Waals surface area contributed by atoms with Gasteiger partial charge in [0.25, 0.3) is 5.69 Å². The number of nitrogens with zero attached hydrogens (tertiary/aromatic N) is 2. The highest BCUT2D eigenvalue weighted by Crippen LogP contribution is 2.23. The van der Waals surface area contributed by atoms with E-state index < -0.39 is 28.1 Å². The van der Waals surface area contributed by atoms with Gasteiger partial charge in [0.05, 0.1) is 16.0 Å². The van der Waals surface area contributed by atoms with Crippen LogP contribution < -0.4 is 11.1 Å². The number of H-pyrrole nitrogens is 2. The third-order valence-corrected chi connectivity index (χ3v) is 3.55. The number of hydrogen-bond donors (Lipinski definition) is 3. The van der Waals surface area contributed by atoms with Crippen molar-refractivity contribution in [1.29, 1.82) is 0 Å². The van der Waals surface area contributed by atoms with Crippen LogP contribution in [0.4, 0.5) is 5.69 Å². The molecule has 0 bridgehead atoms. The van der Waals surface area contributed by atoms with E-state index in [0.29, 0.717) is 5.56 Å². The van der Waals surface area contributed by atoms with Gasteiger partial charge in [-0.1, -0.05) is 0 Å². The summed E-state index contributed by atoms with van der Waals surface area (Å²) in [6, 6.07) is 1.54. The van der Waals surface area contributed by atoms with E-state index in [9.17, 15) is 24.5 Å². The molecule has 2 rings (SSSR count).